The Morgan fingerprint density at radius 1 is 0.957 bits per heavy atom. The number of rotatable bonds is 5. The second-order valence-electron chi connectivity index (χ2n) is 6.18. The van der Waals surface area contributed by atoms with E-state index >= 15 is 0 Å². The molecular formula is C17H27ClN2O3. The first-order valence-corrected chi connectivity index (χ1v) is 8.00. The van der Waals surface area contributed by atoms with Crippen LogP contribution < -0.4 is 19.5 Å². The number of halogens is 1. The summed E-state index contributed by atoms with van der Waals surface area (Å²) in [6, 6.07) is 5.30. The van der Waals surface area contributed by atoms with Gasteiger partial charge in [0.25, 0.3) is 0 Å². The molecule has 0 aliphatic carbocycles. The van der Waals surface area contributed by atoms with E-state index in [9.17, 15) is 0 Å². The number of fused-ring (bicyclic) bond motifs is 2. The minimum atomic E-state index is 0. The fourth-order valence-corrected chi connectivity index (χ4v) is 3.62. The topological polar surface area (TPSA) is 43.0 Å². The molecule has 2 unspecified atom stereocenters. The van der Waals surface area contributed by atoms with Crippen molar-refractivity contribution in [1.82, 2.24) is 10.2 Å². The Kier molecular flexibility index (Phi) is 6.39. The van der Waals surface area contributed by atoms with E-state index < -0.39 is 0 Å². The Morgan fingerprint density at radius 3 is 2.30 bits per heavy atom. The fraction of sp³-hybridized carbons (Fsp3) is 0.647. The van der Waals surface area contributed by atoms with Gasteiger partial charge in [0.15, 0.2) is 11.5 Å². The highest BCUT2D eigenvalue weighted by Gasteiger charge is 2.29. The Bertz CT molecular complexity index is 527. The van der Waals surface area contributed by atoms with Crippen LogP contribution in [-0.2, 0) is 6.54 Å². The summed E-state index contributed by atoms with van der Waals surface area (Å²) in [5.74, 6) is 2.33. The summed E-state index contributed by atoms with van der Waals surface area (Å²) in [6.45, 7) is 3.12. The van der Waals surface area contributed by atoms with Crippen LogP contribution in [0, 0.1) is 0 Å². The van der Waals surface area contributed by atoms with Crippen molar-refractivity contribution >= 4 is 12.4 Å². The van der Waals surface area contributed by atoms with Crippen molar-refractivity contribution in [3.8, 4) is 17.2 Å². The fourth-order valence-electron chi connectivity index (χ4n) is 3.62. The van der Waals surface area contributed by atoms with Gasteiger partial charge in [0.1, 0.15) is 5.75 Å². The zero-order valence-corrected chi connectivity index (χ0v) is 14.9. The summed E-state index contributed by atoms with van der Waals surface area (Å²) >= 11 is 0. The van der Waals surface area contributed by atoms with E-state index in [0.717, 1.165) is 36.7 Å². The van der Waals surface area contributed by atoms with Crippen molar-refractivity contribution in [3.63, 3.8) is 0 Å². The number of hydrogen-bond acceptors (Lipinski definition) is 5. The first kappa shape index (κ1) is 18.2. The van der Waals surface area contributed by atoms with E-state index in [1.54, 1.807) is 21.3 Å². The van der Waals surface area contributed by atoms with Gasteiger partial charge in [-0.1, -0.05) is 0 Å². The molecule has 130 valence electrons. The zero-order chi connectivity index (χ0) is 15.5. The summed E-state index contributed by atoms with van der Waals surface area (Å²) in [4.78, 5) is 2.51. The summed E-state index contributed by atoms with van der Waals surface area (Å²) in [6.07, 6.45) is 3.86. The minimum absolute atomic E-state index is 0. The van der Waals surface area contributed by atoms with Crippen molar-refractivity contribution in [2.24, 2.45) is 0 Å². The van der Waals surface area contributed by atoms with Crippen molar-refractivity contribution in [3.05, 3.63) is 17.7 Å². The van der Waals surface area contributed by atoms with Crippen molar-refractivity contribution in [2.75, 3.05) is 34.4 Å². The second-order valence-corrected chi connectivity index (χ2v) is 6.18. The smallest absolute Gasteiger partial charge is 0.164 e. The van der Waals surface area contributed by atoms with E-state index in [0.29, 0.717) is 17.8 Å². The highest BCUT2D eigenvalue weighted by Crippen LogP contribution is 2.35. The standard InChI is InChI=1S/C17H26N2O3.ClH/c1-20-15-9-17(22-3)16(21-2)8-12(15)10-19-7-6-13-4-5-14(11-19)18-13;/h8-9,13-14,18H,4-7,10-11H2,1-3H3;1H. The Labute approximate surface area is 144 Å². The Morgan fingerprint density at radius 2 is 1.61 bits per heavy atom. The number of hydrogen-bond donors (Lipinski definition) is 1. The van der Waals surface area contributed by atoms with Gasteiger partial charge >= 0.3 is 0 Å². The van der Waals surface area contributed by atoms with Crippen LogP contribution in [0.25, 0.3) is 0 Å². The zero-order valence-electron chi connectivity index (χ0n) is 14.1. The van der Waals surface area contributed by atoms with Gasteiger partial charge in [0.05, 0.1) is 21.3 Å². The predicted octanol–water partition coefficient (Wildman–Crippen LogP) is 2.46. The van der Waals surface area contributed by atoms with Gasteiger partial charge in [-0.2, -0.15) is 0 Å². The third-order valence-electron chi connectivity index (χ3n) is 4.79. The highest BCUT2D eigenvalue weighted by molar-refractivity contribution is 5.85. The molecular weight excluding hydrogens is 316 g/mol. The molecule has 2 saturated heterocycles. The first-order chi connectivity index (χ1) is 10.7. The summed E-state index contributed by atoms with van der Waals surface area (Å²) in [5, 5.41) is 3.72. The molecule has 0 amide bonds. The van der Waals surface area contributed by atoms with E-state index in [-0.39, 0.29) is 12.4 Å². The van der Waals surface area contributed by atoms with Gasteiger partial charge < -0.3 is 19.5 Å². The van der Waals surface area contributed by atoms with Crippen LogP contribution in [0.2, 0.25) is 0 Å². The Balaban J connectivity index is 0.00000192. The molecule has 2 aliphatic rings. The molecule has 3 rings (SSSR count). The van der Waals surface area contributed by atoms with Gasteiger partial charge in [-0.15, -0.1) is 12.4 Å². The number of ether oxygens (including phenoxy) is 3. The molecule has 1 N–H and O–H groups in total. The molecule has 0 aromatic heterocycles. The van der Waals surface area contributed by atoms with Crippen molar-refractivity contribution in [2.45, 2.75) is 37.9 Å². The predicted molar refractivity (Wildman–Crippen MR) is 93.2 cm³/mol. The normalized spacial score (nSPS) is 23.8. The third-order valence-corrected chi connectivity index (χ3v) is 4.79. The lowest BCUT2D eigenvalue weighted by Crippen LogP contribution is -2.35. The molecule has 2 fully saturated rings. The lowest BCUT2D eigenvalue weighted by Gasteiger charge is -2.25. The molecule has 0 spiro atoms. The average Bonchev–Trinajstić information content (AvgIpc) is 2.88. The number of nitrogens with zero attached hydrogens (tertiary/aromatic N) is 1. The van der Waals surface area contributed by atoms with Crippen LogP contribution in [0.4, 0.5) is 0 Å². The van der Waals surface area contributed by atoms with Crippen molar-refractivity contribution in [1.29, 1.82) is 0 Å². The van der Waals surface area contributed by atoms with Crippen LogP contribution in [0.1, 0.15) is 24.8 Å². The monoisotopic (exact) mass is 342 g/mol. The van der Waals surface area contributed by atoms with Crippen LogP contribution >= 0.6 is 12.4 Å². The first-order valence-electron chi connectivity index (χ1n) is 8.00. The summed E-state index contributed by atoms with van der Waals surface area (Å²) < 4.78 is 16.3. The molecule has 0 radical (unpaired) electrons. The molecule has 2 atom stereocenters. The lowest BCUT2D eigenvalue weighted by molar-refractivity contribution is 0.246. The van der Waals surface area contributed by atoms with E-state index in [2.05, 4.69) is 10.2 Å². The van der Waals surface area contributed by atoms with Gasteiger partial charge in [-0.3, -0.25) is 4.90 Å². The molecule has 2 bridgehead atoms. The van der Waals surface area contributed by atoms with E-state index in [1.165, 1.54) is 19.3 Å². The van der Waals surface area contributed by atoms with Gasteiger partial charge in [-0.25, -0.2) is 0 Å². The quantitative estimate of drug-likeness (QED) is 0.890. The van der Waals surface area contributed by atoms with Gasteiger partial charge in [0.2, 0.25) is 0 Å². The van der Waals surface area contributed by atoms with Crippen LogP contribution in [0.3, 0.4) is 0 Å². The molecule has 1 aromatic rings. The largest absolute Gasteiger partial charge is 0.496 e. The van der Waals surface area contributed by atoms with Crippen LogP contribution in [0.15, 0.2) is 12.1 Å². The molecule has 2 heterocycles. The number of nitrogens with one attached hydrogen (secondary N) is 1. The average molecular weight is 343 g/mol. The second kappa shape index (κ2) is 8.08. The Hall–Kier alpha value is -1.17. The maximum Gasteiger partial charge on any atom is 0.164 e. The number of benzene rings is 1. The van der Waals surface area contributed by atoms with E-state index in [4.69, 9.17) is 14.2 Å². The summed E-state index contributed by atoms with van der Waals surface area (Å²) in [7, 11) is 5.02. The lowest BCUT2D eigenvalue weighted by atomic mass is 10.1. The van der Waals surface area contributed by atoms with E-state index in [1.807, 2.05) is 12.1 Å². The van der Waals surface area contributed by atoms with Gasteiger partial charge in [-0.05, 0) is 25.3 Å². The van der Waals surface area contributed by atoms with Crippen LogP contribution in [-0.4, -0.2) is 51.4 Å². The SMILES string of the molecule is COc1cc(OC)c(OC)cc1CN1CCC2CCC(C1)N2.Cl. The molecule has 23 heavy (non-hydrogen) atoms. The third kappa shape index (κ3) is 4.03. The maximum absolute atomic E-state index is 5.54. The van der Waals surface area contributed by atoms with Gasteiger partial charge in [0, 0.05) is 43.3 Å². The molecule has 0 saturated carbocycles. The molecule has 2 aliphatic heterocycles. The molecule has 6 heteroatoms. The number of likely N-dealkylation sites (tertiary alicyclic amines) is 1. The number of methoxy groups -OCH3 is 3. The molecule has 5 nitrogen and oxygen atoms in total. The summed E-state index contributed by atoms with van der Waals surface area (Å²) in [5.41, 5.74) is 1.15. The van der Waals surface area contributed by atoms with Crippen LogP contribution in [0.5, 0.6) is 17.2 Å². The maximum atomic E-state index is 5.54. The minimum Gasteiger partial charge on any atom is -0.496 e. The molecule has 1 aromatic carbocycles. The highest BCUT2D eigenvalue weighted by atomic mass is 35.5. The van der Waals surface area contributed by atoms with Crippen molar-refractivity contribution < 1.29 is 14.2 Å².